The molecule has 0 unspecified atom stereocenters. The lowest BCUT2D eigenvalue weighted by Crippen LogP contribution is -2.41. The van der Waals surface area contributed by atoms with Gasteiger partial charge in [0.05, 0.1) is 0 Å². The molecule has 0 atom stereocenters. The van der Waals surface area contributed by atoms with Crippen molar-refractivity contribution < 1.29 is 4.79 Å². The molecule has 1 N–H and O–H groups in total. The number of nitrogens with one attached hydrogen (secondary N) is 1. The first-order chi connectivity index (χ1) is 10.5. The van der Waals surface area contributed by atoms with E-state index in [9.17, 15) is 4.79 Å². The average Bonchev–Trinajstić information content (AvgIpc) is 3.11. The number of amidine groups is 1. The molecular formula is C16H25N5O. The second-order valence-electron chi connectivity index (χ2n) is 5.80. The lowest BCUT2D eigenvalue weighted by Gasteiger charge is -2.30. The van der Waals surface area contributed by atoms with E-state index in [0.29, 0.717) is 17.7 Å². The third-order valence-electron chi connectivity index (χ3n) is 4.05. The van der Waals surface area contributed by atoms with Crippen molar-refractivity contribution in [1.29, 1.82) is 0 Å². The van der Waals surface area contributed by atoms with Crippen LogP contribution in [-0.4, -0.2) is 61.7 Å². The molecule has 0 aromatic rings. The summed E-state index contributed by atoms with van der Waals surface area (Å²) in [6.45, 7) is 4.07. The number of nitrogens with zero attached hydrogens (tertiary/aromatic N) is 4. The fourth-order valence-electron chi connectivity index (χ4n) is 2.94. The van der Waals surface area contributed by atoms with E-state index in [0.717, 1.165) is 24.3 Å². The van der Waals surface area contributed by atoms with Gasteiger partial charge in [-0.15, -0.1) is 0 Å². The van der Waals surface area contributed by atoms with Gasteiger partial charge in [0, 0.05) is 39.8 Å². The summed E-state index contributed by atoms with van der Waals surface area (Å²) in [5.41, 5.74) is 1.42. The number of amides is 1. The summed E-state index contributed by atoms with van der Waals surface area (Å²) in [5, 5.41) is 2.95. The molecule has 0 radical (unpaired) electrons. The average molecular weight is 303 g/mol. The van der Waals surface area contributed by atoms with Gasteiger partial charge < -0.3 is 15.1 Å². The van der Waals surface area contributed by atoms with Crippen LogP contribution in [0.1, 0.15) is 25.7 Å². The Hall–Kier alpha value is -2.11. The van der Waals surface area contributed by atoms with E-state index in [1.54, 1.807) is 33.1 Å². The molecule has 0 saturated heterocycles. The molecule has 22 heavy (non-hydrogen) atoms. The Labute approximate surface area is 132 Å². The van der Waals surface area contributed by atoms with E-state index in [1.807, 2.05) is 6.08 Å². The highest BCUT2D eigenvalue weighted by molar-refractivity contribution is 6.14. The van der Waals surface area contributed by atoms with E-state index < -0.39 is 0 Å². The molecule has 0 bridgehead atoms. The van der Waals surface area contributed by atoms with Crippen molar-refractivity contribution in [1.82, 2.24) is 15.1 Å². The van der Waals surface area contributed by atoms with Crippen LogP contribution in [0.2, 0.25) is 0 Å². The molecule has 2 aliphatic rings. The predicted molar refractivity (Wildman–Crippen MR) is 89.9 cm³/mol. The molecule has 1 heterocycles. The molecule has 0 spiro atoms. The van der Waals surface area contributed by atoms with E-state index >= 15 is 0 Å². The monoisotopic (exact) mass is 303 g/mol. The van der Waals surface area contributed by atoms with Crippen molar-refractivity contribution in [2.45, 2.75) is 31.7 Å². The topological polar surface area (TPSA) is 60.3 Å². The Morgan fingerprint density at radius 2 is 2.05 bits per heavy atom. The van der Waals surface area contributed by atoms with Gasteiger partial charge in [-0.25, -0.2) is 0 Å². The standard InChI is InChI=1S/C16H25N5O/c1-11-10-13(15(22)20(4)5)21(12-8-6-7-9-12)14(11)19-16(17-2)18-3/h10,12H,1,6-9H2,2-5H3,(H,17,18). The van der Waals surface area contributed by atoms with Gasteiger partial charge in [0.2, 0.25) is 5.96 Å². The molecule has 6 nitrogen and oxygen atoms in total. The van der Waals surface area contributed by atoms with E-state index in [1.165, 1.54) is 12.8 Å². The van der Waals surface area contributed by atoms with Crippen LogP contribution >= 0.6 is 0 Å². The highest BCUT2D eigenvalue weighted by Gasteiger charge is 2.36. The molecule has 120 valence electrons. The van der Waals surface area contributed by atoms with Crippen molar-refractivity contribution in [2.24, 2.45) is 9.98 Å². The van der Waals surface area contributed by atoms with Crippen LogP contribution in [0.3, 0.4) is 0 Å². The fraction of sp³-hybridized carbons (Fsp3) is 0.562. The Morgan fingerprint density at radius 3 is 2.55 bits per heavy atom. The summed E-state index contributed by atoms with van der Waals surface area (Å²) in [7, 11) is 7.00. The second kappa shape index (κ2) is 6.77. The summed E-state index contributed by atoms with van der Waals surface area (Å²) < 4.78 is 0. The summed E-state index contributed by atoms with van der Waals surface area (Å²) in [4.78, 5) is 24.8. The maximum absolute atomic E-state index is 12.5. The van der Waals surface area contributed by atoms with Gasteiger partial charge in [0.15, 0.2) is 0 Å². The van der Waals surface area contributed by atoms with Crippen LogP contribution in [0.25, 0.3) is 0 Å². The van der Waals surface area contributed by atoms with Crippen molar-refractivity contribution in [3.05, 3.63) is 23.9 Å². The van der Waals surface area contributed by atoms with Crippen molar-refractivity contribution >= 4 is 17.7 Å². The lowest BCUT2D eigenvalue weighted by atomic mass is 10.2. The van der Waals surface area contributed by atoms with Crippen molar-refractivity contribution in [3.8, 4) is 0 Å². The Balaban J connectivity index is 2.42. The minimum atomic E-state index is -0.0160. The van der Waals surface area contributed by atoms with Gasteiger partial charge in [-0.05, 0) is 18.9 Å². The van der Waals surface area contributed by atoms with Crippen LogP contribution in [0, 0.1) is 0 Å². The molecule has 0 aromatic heterocycles. The zero-order chi connectivity index (χ0) is 16.3. The molecule has 0 aromatic carbocycles. The zero-order valence-corrected chi connectivity index (χ0v) is 13.9. The van der Waals surface area contributed by atoms with E-state index in [-0.39, 0.29) is 5.91 Å². The molecular weight excluding hydrogens is 278 g/mol. The molecule has 1 saturated carbocycles. The number of likely N-dealkylation sites (N-methyl/N-ethyl adjacent to an activating group) is 1. The molecule has 2 rings (SSSR count). The smallest absolute Gasteiger partial charge is 0.270 e. The van der Waals surface area contributed by atoms with Gasteiger partial charge in [-0.2, -0.15) is 4.99 Å². The number of aliphatic imine (C=N–C) groups is 2. The van der Waals surface area contributed by atoms with Crippen molar-refractivity contribution in [2.75, 3.05) is 28.2 Å². The van der Waals surface area contributed by atoms with Crippen LogP contribution in [-0.2, 0) is 4.79 Å². The second-order valence-corrected chi connectivity index (χ2v) is 5.80. The number of carbonyl (C=O) groups excluding carboxylic acids is 1. The number of rotatable bonds is 2. The first-order valence-corrected chi connectivity index (χ1v) is 7.64. The number of hydrogen-bond acceptors (Lipinski definition) is 2. The Morgan fingerprint density at radius 1 is 1.41 bits per heavy atom. The SMILES string of the molecule is C=C1C=C(C(=O)N(C)C)N(C2CCCC2)C1=NC(=NC)NC. The van der Waals surface area contributed by atoms with E-state index in [2.05, 4.69) is 26.8 Å². The van der Waals surface area contributed by atoms with Crippen LogP contribution in [0.4, 0.5) is 0 Å². The molecule has 1 aliphatic heterocycles. The third kappa shape index (κ3) is 3.05. The maximum atomic E-state index is 12.5. The molecule has 1 aliphatic carbocycles. The summed E-state index contributed by atoms with van der Waals surface area (Å²) in [6.07, 6.45) is 6.35. The Kier molecular flexibility index (Phi) is 5.00. The van der Waals surface area contributed by atoms with Crippen LogP contribution in [0.15, 0.2) is 33.9 Å². The first kappa shape index (κ1) is 16.3. The molecule has 1 amide bonds. The molecule has 6 heteroatoms. The minimum Gasteiger partial charge on any atom is -0.358 e. The van der Waals surface area contributed by atoms with Gasteiger partial charge in [-0.1, -0.05) is 19.4 Å². The number of carbonyl (C=O) groups is 1. The van der Waals surface area contributed by atoms with Gasteiger partial charge >= 0.3 is 0 Å². The zero-order valence-electron chi connectivity index (χ0n) is 13.9. The van der Waals surface area contributed by atoms with Crippen LogP contribution < -0.4 is 5.32 Å². The number of hydrogen-bond donors (Lipinski definition) is 1. The van der Waals surface area contributed by atoms with Crippen molar-refractivity contribution in [3.63, 3.8) is 0 Å². The summed E-state index contributed by atoms with van der Waals surface area (Å²) in [6, 6.07) is 0.308. The largest absolute Gasteiger partial charge is 0.358 e. The van der Waals surface area contributed by atoms with E-state index in [4.69, 9.17) is 0 Å². The third-order valence-corrected chi connectivity index (χ3v) is 4.05. The summed E-state index contributed by atoms with van der Waals surface area (Å²) >= 11 is 0. The normalized spacial score (nSPS) is 21.5. The minimum absolute atomic E-state index is 0.0160. The highest BCUT2D eigenvalue weighted by atomic mass is 16.2. The Bertz CT molecular complexity index is 553. The quantitative estimate of drug-likeness (QED) is 0.619. The van der Waals surface area contributed by atoms with Crippen LogP contribution in [0.5, 0.6) is 0 Å². The molecule has 1 fully saturated rings. The van der Waals surface area contributed by atoms with Gasteiger partial charge in [0.1, 0.15) is 11.5 Å². The van der Waals surface area contributed by atoms with Gasteiger partial charge in [0.25, 0.3) is 5.91 Å². The fourth-order valence-corrected chi connectivity index (χ4v) is 2.94. The van der Waals surface area contributed by atoms with Gasteiger partial charge in [-0.3, -0.25) is 9.79 Å². The lowest BCUT2D eigenvalue weighted by molar-refractivity contribution is -0.126. The first-order valence-electron chi connectivity index (χ1n) is 7.64. The number of guanidine groups is 1. The summed E-state index contributed by atoms with van der Waals surface area (Å²) in [5.74, 6) is 1.25. The predicted octanol–water partition coefficient (Wildman–Crippen LogP) is 1.38. The highest BCUT2D eigenvalue weighted by Crippen LogP contribution is 2.33. The maximum Gasteiger partial charge on any atom is 0.270 e.